The first-order valence-corrected chi connectivity index (χ1v) is 9.67. The van der Waals surface area contributed by atoms with Crippen LogP contribution in [0.3, 0.4) is 0 Å². The summed E-state index contributed by atoms with van der Waals surface area (Å²) >= 11 is 0. The SMILES string of the molecule is CCCCC=Cc1c[nH]cn1.O=S(=O)(NS(=O)(=O)C(F)(F)F)C(F)(F)F. The number of halogens is 6. The Morgan fingerprint density at radius 2 is 1.58 bits per heavy atom. The number of imidazole rings is 1. The van der Waals surface area contributed by atoms with Gasteiger partial charge in [0, 0.05) is 6.20 Å². The van der Waals surface area contributed by atoms with E-state index in [1.54, 1.807) is 6.33 Å². The Hall–Kier alpha value is -1.61. The third-order valence-corrected chi connectivity index (χ3v) is 5.34. The molecule has 0 unspecified atom stereocenters. The predicted molar refractivity (Wildman–Crippen MR) is 80.2 cm³/mol. The summed E-state index contributed by atoms with van der Waals surface area (Å²) < 4.78 is 108. The molecule has 0 aliphatic heterocycles. The molecule has 0 saturated carbocycles. The smallest absolute Gasteiger partial charge is 0.351 e. The maximum Gasteiger partial charge on any atom is 0.512 e. The van der Waals surface area contributed by atoms with Gasteiger partial charge in [-0.15, -0.1) is 0 Å². The minimum absolute atomic E-state index is 0.493. The Labute approximate surface area is 145 Å². The van der Waals surface area contributed by atoms with Crippen LogP contribution in [0.25, 0.3) is 6.08 Å². The third-order valence-electron chi connectivity index (χ3n) is 2.36. The summed E-state index contributed by atoms with van der Waals surface area (Å²) in [6, 6.07) is 0. The molecule has 0 aliphatic carbocycles. The first-order chi connectivity index (χ1) is 11.6. The lowest BCUT2D eigenvalue weighted by Crippen LogP contribution is -2.45. The molecule has 0 spiro atoms. The van der Waals surface area contributed by atoms with Crippen molar-refractivity contribution >= 4 is 26.1 Å². The summed E-state index contributed by atoms with van der Waals surface area (Å²) in [7, 11) is -13.2. The number of rotatable bonds is 6. The normalized spacial score (nSPS) is 13.5. The fourth-order valence-corrected chi connectivity index (χ4v) is 3.04. The van der Waals surface area contributed by atoms with Crippen LogP contribution >= 0.6 is 0 Å². The molecular formula is C11H15F6N3O4S2. The number of H-pyrrole nitrogens is 1. The molecule has 7 nitrogen and oxygen atoms in total. The van der Waals surface area contributed by atoms with Gasteiger partial charge in [0.15, 0.2) is 0 Å². The Kier molecular flexibility index (Phi) is 8.78. The maximum atomic E-state index is 11.5. The van der Waals surface area contributed by atoms with Gasteiger partial charge in [0.05, 0.1) is 12.0 Å². The number of hydrogen-bond donors (Lipinski definition) is 2. The number of alkyl halides is 6. The lowest BCUT2D eigenvalue weighted by atomic mass is 10.2. The molecule has 152 valence electrons. The molecule has 2 N–H and O–H groups in total. The first-order valence-electron chi connectivity index (χ1n) is 6.70. The molecule has 1 heterocycles. The van der Waals surface area contributed by atoms with Crippen LogP contribution in [0.15, 0.2) is 18.6 Å². The molecule has 0 fully saturated rings. The summed E-state index contributed by atoms with van der Waals surface area (Å²) in [6.07, 6.45) is 11.5. The second kappa shape index (κ2) is 9.36. The zero-order valence-electron chi connectivity index (χ0n) is 13.1. The van der Waals surface area contributed by atoms with Crippen LogP contribution in [-0.2, 0) is 20.0 Å². The fraction of sp³-hybridized carbons (Fsp3) is 0.545. The van der Waals surface area contributed by atoms with Crippen molar-refractivity contribution in [1.29, 1.82) is 0 Å². The van der Waals surface area contributed by atoms with E-state index in [1.165, 1.54) is 12.8 Å². The number of nitrogens with zero attached hydrogens (tertiary/aromatic N) is 1. The molecule has 15 heteroatoms. The summed E-state index contributed by atoms with van der Waals surface area (Å²) in [5.41, 5.74) is -11.3. The van der Waals surface area contributed by atoms with E-state index >= 15 is 0 Å². The van der Waals surface area contributed by atoms with Crippen LogP contribution in [0.1, 0.15) is 31.9 Å². The van der Waals surface area contributed by atoms with Gasteiger partial charge in [0.2, 0.25) is 0 Å². The average molecular weight is 431 g/mol. The number of unbranched alkanes of at least 4 members (excludes halogenated alkanes) is 2. The van der Waals surface area contributed by atoms with E-state index in [0.717, 1.165) is 12.1 Å². The lowest BCUT2D eigenvalue weighted by molar-refractivity contribution is -0.0476. The van der Waals surface area contributed by atoms with Crippen molar-refractivity contribution in [1.82, 2.24) is 14.1 Å². The Morgan fingerprint density at radius 1 is 1.08 bits per heavy atom. The molecule has 0 aliphatic rings. The number of nitrogens with one attached hydrogen (secondary N) is 2. The highest BCUT2D eigenvalue weighted by Crippen LogP contribution is 2.27. The minimum Gasteiger partial charge on any atom is -0.351 e. The maximum absolute atomic E-state index is 11.5. The van der Waals surface area contributed by atoms with Crippen LogP contribution in [0, 0.1) is 0 Å². The van der Waals surface area contributed by atoms with E-state index in [0.29, 0.717) is 0 Å². The summed E-state index contributed by atoms with van der Waals surface area (Å²) in [5, 5.41) is 0. The molecule has 0 atom stereocenters. The van der Waals surface area contributed by atoms with E-state index in [-0.39, 0.29) is 0 Å². The summed E-state index contributed by atoms with van der Waals surface area (Å²) in [5.74, 6) is 0. The highest BCUT2D eigenvalue weighted by Gasteiger charge is 2.55. The fourth-order valence-electron chi connectivity index (χ4n) is 1.13. The molecule has 1 aromatic rings. The summed E-state index contributed by atoms with van der Waals surface area (Å²) in [4.78, 5) is 6.98. The molecule has 0 bridgehead atoms. The van der Waals surface area contributed by atoms with Gasteiger partial charge in [-0.2, -0.15) is 26.3 Å². The molecular weight excluding hydrogens is 416 g/mol. The van der Waals surface area contributed by atoms with E-state index < -0.39 is 35.2 Å². The van der Waals surface area contributed by atoms with Crippen LogP contribution in [0.4, 0.5) is 26.3 Å². The topological polar surface area (TPSA) is 109 Å². The molecule has 26 heavy (non-hydrogen) atoms. The second-order valence-corrected chi connectivity index (χ2v) is 8.13. The van der Waals surface area contributed by atoms with Crippen molar-refractivity contribution in [3.05, 3.63) is 24.3 Å². The van der Waals surface area contributed by atoms with Gasteiger partial charge in [-0.05, 0) is 12.5 Å². The Morgan fingerprint density at radius 3 is 1.92 bits per heavy atom. The van der Waals surface area contributed by atoms with Crippen molar-refractivity contribution in [2.75, 3.05) is 0 Å². The van der Waals surface area contributed by atoms with Gasteiger partial charge < -0.3 is 4.98 Å². The van der Waals surface area contributed by atoms with Crippen molar-refractivity contribution < 1.29 is 43.2 Å². The third kappa shape index (κ3) is 8.18. The van der Waals surface area contributed by atoms with Gasteiger partial charge in [0.25, 0.3) is 0 Å². The van der Waals surface area contributed by atoms with Crippen LogP contribution in [-0.4, -0.2) is 37.8 Å². The molecule has 0 amide bonds. The van der Waals surface area contributed by atoms with Crippen LogP contribution < -0.4 is 4.13 Å². The van der Waals surface area contributed by atoms with Gasteiger partial charge >= 0.3 is 31.1 Å². The monoisotopic (exact) mass is 431 g/mol. The lowest BCUT2D eigenvalue weighted by Gasteiger charge is -2.11. The molecule has 1 rings (SSSR count). The first kappa shape index (κ1) is 24.4. The summed E-state index contributed by atoms with van der Waals surface area (Å²) in [6.45, 7) is 2.20. The van der Waals surface area contributed by atoms with Gasteiger partial charge in [-0.25, -0.2) is 21.8 Å². The number of aromatic amines is 1. The highest BCUT2D eigenvalue weighted by atomic mass is 32.3. The van der Waals surface area contributed by atoms with Crippen molar-refractivity contribution in [3.8, 4) is 0 Å². The number of sulfonamides is 2. The van der Waals surface area contributed by atoms with Crippen molar-refractivity contribution in [2.45, 2.75) is 37.2 Å². The van der Waals surface area contributed by atoms with Crippen molar-refractivity contribution in [3.63, 3.8) is 0 Å². The van der Waals surface area contributed by atoms with E-state index in [2.05, 4.69) is 23.0 Å². The standard InChI is InChI=1S/C9H14N2.C2HF6NO4S2/c1-2-3-4-5-6-9-7-10-8-11-9;3-1(4,5)14(10,11)9-15(12,13)2(6,7)8/h5-8H,2-4H2,1H3,(H,10,11);9H. The van der Waals surface area contributed by atoms with Gasteiger partial charge in [-0.3, -0.25) is 0 Å². The molecule has 1 aromatic heterocycles. The zero-order chi connectivity index (χ0) is 20.6. The number of hydrogen-bond acceptors (Lipinski definition) is 5. The largest absolute Gasteiger partial charge is 0.512 e. The Bertz CT molecular complexity index is 726. The van der Waals surface area contributed by atoms with Crippen molar-refractivity contribution in [2.24, 2.45) is 0 Å². The molecule has 0 aromatic carbocycles. The van der Waals surface area contributed by atoms with Crippen LogP contribution in [0.2, 0.25) is 0 Å². The predicted octanol–water partition coefficient (Wildman–Crippen LogP) is 2.89. The molecule has 0 radical (unpaired) electrons. The number of aromatic nitrogens is 2. The second-order valence-electron chi connectivity index (χ2n) is 4.52. The highest BCUT2D eigenvalue weighted by molar-refractivity contribution is 8.05. The minimum atomic E-state index is -6.60. The van der Waals surface area contributed by atoms with E-state index in [4.69, 9.17) is 0 Å². The average Bonchev–Trinajstić information content (AvgIpc) is 2.94. The van der Waals surface area contributed by atoms with Crippen LogP contribution in [0.5, 0.6) is 0 Å². The van der Waals surface area contributed by atoms with E-state index in [1.807, 2.05) is 12.3 Å². The quantitative estimate of drug-likeness (QED) is 0.532. The molecule has 0 saturated heterocycles. The van der Waals surface area contributed by atoms with E-state index in [9.17, 15) is 43.2 Å². The Balaban J connectivity index is 0.000000502. The number of allylic oxidation sites excluding steroid dienone is 1. The van der Waals surface area contributed by atoms with Gasteiger partial charge in [0.1, 0.15) is 0 Å². The van der Waals surface area contributed by atoms with Gasteiger partial charge in [-0.1, -0.05) is 30.0 Å². The zero-order valence-corrected chi connectivity index (χ0v) is 14.7.